The molecule has 1 fully saturated rings. The van der Waals surface area contributed by atoms with Crippen LogP contribution in [-0.2, 0) is 6.54 Å². The van der Waals surface area contributed by atoms with E-state index in [1.807, 2.05) is 10.7 Å². The van der Waals surface area contributed by atoms with Gasteiger partial charge in [0.15, 0.2) is 0 Å². The molecule has 0 spiro atoms. The van der Waals surface area contributed by atoms with Gasteiger partial charge in [-0.3, -0.25) is 4.68 Å². The van der Waals surface area contributed by atoms with Gasteiger partial charge in [-0.1, -0.05) is 6.07 Å². The van der Waals surface area contributed by atoms with Crippen molar-refractivity contribution in [2.45, 2.75) is 19.4 Å². The number of benzene rings is 1. The van der Waals surface area contributed by atoms with Crippen molar-refractivity contribution >= 4 is 16.9 Å². The molecule has 1 N–H and O–H groups in total. The molecule has 0 radical (unpaired) electrons. The van der Waals surface area contributed by atoms with E-state index in [-0.39, 0.29) is 0 Å². The molecule has 1 saturated carbocycles. The highest BCUT2D eigenvalue weighted by molar-refractivity contribution is 5.93. The zero-order chi connectivity index (χ0) is 11.1. The van der Waals surface area contributed by atoms with Crippen LogP contribution in [0.1, 0.15) is 23.2 Å². The average molecular weight is 216 g/mol. The second-order valence-corrected chi connectivity index (χ2v) is 4.35. The van der Waals surface area contributed by atoms with Crippen LogP contribution < -0.4 is 0 Å². The number of hydrogen-bond donors (Lipinski definition) is 1. The van der Waals surface area contributed by atoms with Gasteiger partial charge in [-0.05, 0) is 30.9 Å². The fourth-order valence-corrected chi connectivity index (χ4v) is 1.89. The summed E-state index contributed by atoms with van der Waals surface area (Å²) < 4.78 is 1.92. The highest BCUT2D eigenvalue weighted by Crippen LogP contribution is 2.31. The largest absolute Gasteiger partial charge is 0.478 e. The van der Waals surface area contributed by atoms with Crippen LogP contribution in [0.4, 0.5) is 0 Å². The molecule has 3 rings (SSSR count). The number of aromatic nitrogens is 2. The van der Waals surface area contributed by atoms with Gasteiger partial charge < -0.3 is 5.11 Å². The first-order valence-electron chi connectivity index (χ1n) is 5.43. The van der Waals surface area contributed by atoms with Gasteiger partial charge in [-0.15, -0.1) is 0 Å². The molecule has 4 heteroatoms. The fourth-order valence-electron chi connectivity index (χ4n) is 1.89. The molecule has 0 amide bonds. The SMILES string of the molecule is O=C(O)c1ccc2cnn(CC3CC3)c2c1. The Bertz CT molecular complexity index is 555. The fraction of sp³-hybridized carbons (Fsp3) is 0.333. The van der Waals surface area contributed by atoms with Crippen molar-refractivity contribution in [2.24, 2.45) is 5.92 Å². The number of rotatable bonds is 3. The van der Waals surface area contributed by atoms with Crippen molar-refractivity contribution in [3.63, 3.8) is 0 Å². The van der Waals surface area contributed by atoms with E-state index in [0.29, 0.717) is 5.56 Å². The van der Waals surface area contributed by atoms with E-state index in [9.17, 15) is 4.79 Å². The molecule has 16 heavy (non-hydrogen) atoms. The normalized spacial score (nSPS) is 15.5. The van der Waals surface area contributed by atoms with Crippen LogP contribution in [0.25, 0.3) is 10.9 Å². The van der Waals surface area contributed by atoms with Crippen molar-refractivity contribution in [1.29, 1.82) is 0 Å². The zero-order valence-corrected chi connectivity index (χ0v) is 8.76. The highest BCUT2D eigenvalue weighted by Gasteiger charge is 2.22. The maximum Gasteiger partial charge on any atom is 0.335 e. The van der Waals surface area contributed by atoms with Gasteiger partial charge in [-0.25, -0.2) is 4.79 Å². The van der Waals surface area contributed by atoms with E-state index in [1.54, 1.807) is 18.3 Å². The van der Waals surface area contributed by atoms with Crippen LogP contribution in [0.2, 0.25) is 0 Å². The Morgan fingerprint density at radius 3 is 3.00 bits per heavy atom. The summed E-state index contributed by atoms with van der Waals surface area (Å²) in [5.74, 6) is -0.155. The molecule has 1 heterocycles. The topological polar surface area (TPSA) is 55.1 Å². The third-order valence-corrected chi connectivity index (χ3v) is 3.02. The molecule has 0 unspecified atom stereocenters. The predicted molar refractivity (Wildman–Crippen MR) is 59.4 cm³/mol. The lowest BCUT2D eigenvalue weighted by atomic mass is 10.1. The maximum atomic E-state index is 10.9. The minimum Gasteiger partial charge on any atom is -0.478 e. The summed E-state index contributed by atoms with van der Waals surface area (Å²) in [4.78, 5) is 10.9. The molecule has 4 nitrogen and oxygen atoms in total. The number of hydrogen-bond acceptors (Lipinski definition) is 2. The third-order valence-electron chi connectivity index (χ3n) is 3.02. The lowest BCUT2D eigenvalue weighted by Gasteiger charge is -2.02. The molecule has 1 aliphatic rings. The monoisotopic (exact) mass is 216 g/mol. The standard InChI is InChI=1S/C12H12N2O2/c15-12(16)9-3-4-10-6-13-14(11(10)5-9)7-8-1-2-8/h3-6,8H,1-2,7H2,(H,15,16). The zero-order valence-electron chi connectivity index (χ0n) is 8.76. The maximum absolute atomic E-state index is 10.9. The quantitative estimate of drug-likeness (QED) is 0.855. The first kappa shape index (κ1) is 9.39. The van der Waals surface area contributed by atoms with Gasteiger partial charge in [0.2, 0.25) is 0 Å². The molecule has 0 saturated heterocycles. The second-order valence-electron chi connectivity index (χ2n) is 4.35. The van der Waals surface area contributed by atoms with Gasteiger partial charge >= 0.3 is 5.97 Å². The first-order chi connectivity index (χ1) is 7.74. The van der Waals surface area contributed by atoms with Crippen LogP contribution in [0.3, 0.4) is 0 Å². The summed E-state index contributed by atoms with van der Waals surface area (Å²) in [6.45, 7) is 0.909. The molecular formula is C12H12N2O2. The summed E-state index contributed by atoms with van der Waals surface area (Å²) in [6, 6.07) is 5.13. The number of carbonyl (C=O) groups is 1. The highest BCUT2D eigenvalue weighted by atomic mass is 16.4. The predicted octanol–water partition coefficient (Wildman–Crippen LogP) is 2.14. The minimum absolute atomic E-state index is 0.324. The summed E-state index contributed by atoms with van der Waals surface area (Å²) in [7, 11) is 0. The molecule has 82 valence electrons. The van der Waals surface area contributed by atoms with Crippen molar-refractivity contribution in [1.82, 2.24) is 9.78 Å². The molecule has 0 atom stereocenters. The average Bonchev–Trinajstić information content (AvgIpc) is 2.99. The molecule has 1 aromatic heterocycles. The number of carboxylic acid groups (broad SMARTS) is 1. The van der Waals surface area contributed by atoms with Crippen molar-refractivity contribution < 1.29 is 9.90 Å². The van der Waals surface area contributed by atoms with Crippen LogP contribution in [0.15, 0.2) is 24.4 Å². The van der Waals surface area contributed by atoms with Gasteiger partial charge in [0.05, 0.1) is 17.3 Å². The molecule has 1 aliphatic carbocycles. The Morgan fingerprint density at radius 2 is 2.31 bits per heavy atom. The van der Waals surface area contributed by atoms with Crippen molar-refractivity contribution in [3.8, 4) is 0 Å². The second kappa shape index (κ2) is 3.33. The van der Waals surface area contributed by atoms with Gasteiger partial charge in [0, 0.05) is 11.9 Å². The van der Waals surface area contributed by atoms with E-state index in [0.717, 1.165) is 23.4 Å². The van der Waals surface area contributed by atoms with Crippen LogP contribution >= 0.6 is 0 Å². The Labute approximate surface area is 92.5 Å². The smallest absolute Gasteiger partial charge is 0.335 e. The Kier molecular flexibility index (Phi) is 1.96. The lowest BCUT2D eigenvalue weighted by molar-refractivity contribution is 0.0697. The van der Waals surface area contributed by atoms with Crippen molar-refractivity contribution in [3.05, 3.63) is 30.0 Å². The van der Waals surface area contributed by atoms with Gasteiger partial charge in [0.25, 0.3) is 0 Å². The molecule has 2 aromatic rings. The summed E-state index contributed by atoms with van der Waals surface area (Å²) in [5, 5.41) is 14.2. The van der Waals surface area contributed by atoms with E-state index in [1.165, 1.54) is 12.8 Å². The lowest BCUT2D eigenvalue weighted by Crippen LogP contribution is -2.02. The number of aromatic carboxylic acids is 1. The van der Waals surface area contributed by atoms with Gasteiger partial charge in [0.1, 0.15) is 0 Å². The Balaban J connectivity index is 2.07. The number of fused-ring (bicyclic) bond motifs is 1. The number of nitrogens with zero attached hydrogens (tertiary/aromatic N) is 2. The van der Waals surface area contributed by atoms with Gasteiger partial charge in [-0.2, -0.15) is 5.10 Å². The molecule has 0 aliphatic heterocycles. The summed E-state index contributed by atoms with van der Waals surface area (Å²) >= 11 is 0. The summed E-state index contributed by atoms with van der Waals surface area (Å²) in [5.41, 5.74) is 1.25. The van der Waals surface area contributed by atoms with E-state index in [2.05, 4.69) is 5.10 Å². The third kappa shape index (κ3) is 1.56. The minimum atomic E-state index is -0.888. The van der Waals surface area contributed by atoms with Crippen LogP contribution in [-0.4, -0.2) is 20.9 Å². The van der Waals surface area contributed by atoms with Crippen LogP contribution in [0.5, 0.6) is 0 Å². The van der Waals surface area contributed by atoms with E-state index < -0.39 is 5.97 Å². The Hall–Kier alpha value is -1.84. The molecule has 1 aromatic carbocycles. The van der Waals surface area contributed by atoms with Crippen molar-refractivity contribution in [2.75, 3.05) is 0 Å². The summed E-state index contributed by atoms with van der Waals surface area (Å²) in [6.07, 6.45) is 4.32. The molecular weight excluding hydrogens is 204 g/mol. The number of carboxylic acids is 1. The van der Waals surface area contributed by atoms with E-state index >= 15 is 0 Å². The van der Waals surface area contributed by atoms with E-state index in [4.69, 9.17) is 5.11 Å². The molecule has 0 bridgehead atoms. The Morgan fingerprint density at radius 1 is 1.50 bits per heavy atom. The van der Waals surface area contributed by atoms with Crippen LogP contribution in [0, 0.1) is 5.92 Å². The first-order valence-corrected chi connectivity index (χ1v) is 5.43.